The monoisotopic (exact) mass is 613 g/mol. The highest BCUT2D eigenvalue weighted by Crippen LogP contribution is 2.50. The number of sulfonamides is 1. The van der Waals surface area contributed by atoms with E-state index in [1.807, 2.05) is 4.72 Å². The van der Waals surface area contributed by atoms with Crippen molar-refractivity contribution < 1.29 is 47.7 Å². The number of thiophene rings is 1. The summed E-state index contributed by atoms with van der Waals surface area (Å²) in [4.78, 5) is 12.3. The Hall–Kier alpha value is -2.18. The first-order valence-electron chi connectivity index (χ1n) is 10.4. The Balaban J connectivity index is 1.89. The molecule has 1 atom stereocenters. The van der Waals surface area contributed by atoms with E-state index in [4.69, 9.17) is 42.5 Å². The zero-order chi connectivity index (χ0) is 27.4. The van der Waals surface area contributed by atoms with Crippen LogP contribution >= 0.6 is 42.1 Å². The van der Waals surface area contributed by atoms with Gasteiger partial charge in [0.25, 0.3) is 10.0 Å². The first-order valence-corrected chi connectivity index (χ1v) is 15.2. The molecule has 0 saturated heterocycles. The summed E-state index contributed by atoms with van der Waals surface area (Å²) in [5.41, 5.74) is 7.08. The van der Waals surface area contributed by atoms with Gasteiger partial charge in [0.2, 0.25) is 0 Å². The van der Waals surface area contributed by atoms with Crippen LogP contribution in [-0.2, 0) is 14.6 Å². The van der Waals surface area contributed by atoms with Crippen molar-refractivity contribution in [3.05, 3.63) is 45.7 Å². The van der Waals surface area contributed by atoms with Crippen LogP contribution < -0.4 is 35.1 Å². The molecule has 3 aromatic rings. The van der Waals surface area contributed by atoms with Crippen LogP contribution in [0.5, 0.6) is 17.2 Å². The third-order valence-electron chi connectivity index (χ3n) is 4.55. The summed E-state index contributed by atoms with van der Waals surface area (Å²) in [5, 5.41) is 9.14. The maximum atomic E-state index is 13.7. The predicted molar refractivity (Wildman–Crippen MR) is 133 cm³/mol. The Labute approximate surface area is 225 Å². The highest BCUT2D eigenvalue weighted by Gasteiger charge is 2.27. The number of nitrogens with one attached hydrogen (secondary N) is 1. The molecule has 0 radical (unpaired) electrons. The first kappa shape index (κ1) is 29.4. The van der Waals surface area contributed by atoms with Gasteiger partial charge in [-0.05, 0) is 18.2 Å². The summed E-state index contributed by atoms with van der Waals surface area (Å²) in [6.45, 7) is 1.23. The molecule has 0 aliphatic heterocycles. The lowest BCUT2D eigenvalue weighted by molar-refractivity contribution is -0.372. The van der Waals surface area contributed by atoms with Crippen LogP contribution in [-0.4, -0.2) is 41.0 Å². The van der Waals surface area contributed by atoms with Gasteiger partial charge in [0.1, 0.15) is 53.2 Å². The van der Waals surface area contributed by atoms with Crippen LogP contribution in [0.15, 0.2) is 28.5 Å². The molecule has 7 N–H and O–H groups in total. The van der Waals surface area contributed by atoms with E-state index < -0.39 is 35.5 Å². The molecule has 2 aromatic carbocycles. The van der Waals surface area contributed by atoms with Gasteiger partial charge in [-0.1, -0.05) is 23.2 Å². The predicted octanol–water partition coefficient (Wildman–Crippen LogP) is 1.33. The largest absolute Gasteiger partial charge is 0.768 e. The Morgan fingerprint density at radius 3 is 2.32 bits per heavy atom. The van der Waals surface area contributed by atoms with E-state index in [1.54, 1.807) is 6.07 Å². The number of rotatable bonds is 12. The molecule has 0 saturated carbocycles. The number of quaternary nitrogens is 2. The molecule has 1 unspecified atom stereocenters. The van der Waals surface area contributed by atoms with Crippen molar-refractivity contribution in [3.63, 3.8) is 0 Å². The van der Waals surface area contributed by atoms with Gasteiger partial charge >= 0.3 is 0 Å². The molecule has 1 aromatic heterocycles. The van der Waals surface area contributed by atoms with Crippen LogP contribution in [0, 0.1) is 17.1 Å². The molecule has 1 heterocycles. The van der Waals surface area contributed by atoms with Crippen LogP contribution in [0.1, 0.15) is 5.56 Å². The smallest absolute Gasteiger partial charge is 0.250 e. The normalized spacial score (nSPS) is 13.2. The summed E-state index contributed by atoms with van der Waals surface area (Å²) in [6, 6.07) is 5.62. The molecule has 37 heavy (non-hydrogen) atoms. The van der Waals surface area contributed by atoms with E-state index in [0.717, 1.165) is 23.5 Å². The molecule has 3 rings (SSSR count). The molecule has 0 fully saturated rings. The molecule has 17 heteroatoms. The van der Waals surface area contributed by atoms with E-state index in [2.05, 4.69) is 11.5 Å². The zero-order valence-electron chi connectivity index (χ0n) is 19.0. The van der Waals surface area contributed by atoms with Gasteiger partial charge in [0.15, 0.2) is 19.1 Å². The summed E-state index contributed by atoms with van der Waals surface area (Å²) in [7, 11) is -9.24. The van der Waals surface area contributed by atoms with Crippen LogP contribution in [0.3, 0.4) is 0 Å². The van der Waals surface area contributed by atoms with Gasteiger partial charge in [0.05, 0.1) is 21.6 Å². The highest BCUT2D eigenvalue weighted by molar-refractivity contribution is 7.92. The summed E-state index contributed by atoms with van der Waals surface area (Å²) in [6.07, 6.45) is -1.14. The topological polar surface area (TPSA) is 193 Å². The number of fused-ring (bicyclic) bond motifs is 1. The third-order valence-corrected chi connectivity index (χ3v) is 9.67. The molecular formula is C20H21Cl2FN4O7PS2+. The molecule has 11 nitrogen and oxygen atoms in total. The summed E-state index contributed by atoms with van der Waals surface area (Å²) >= 11 is 13.7. The number of hydrogen-bond acceptors (Lipinski definition) is 9. The number of halogens is 3. The molecule has 0 bridgehead atoms. The fourth-order valence-corrected chi connectivity index (χ4v) is 7.56. The first-order chi connectivity index (χ1) is 17.4. The van der Waals surface area contributed by atoms with E-state index >= 15 is 0 Å². The number of nitrogens with zero attached hydrogens (tertiary/aromatic N) is 1. The maximum Gasteiger partial charge on any atom is 0.250 e. The summed E-state index contributed by atoms with van der Waals surface area (Å²) in [5.74, 6) is -1.16. The van der Waals surface area contributed by atoms with Crippen molar-refractivity contribution in [1.82, 2.24) is 4.72 Å². The molecule has 200 valence electrons. The second kappa shape index (κ2) is 12.1. The second-order valence-corrected chi connectivity index (χ2v) is 12.8. The molecule has 0 aliphatic carbocycles. The van der Waals surface area contributed by atoms with Crippen molar-refractivity contribution in [1.29, 1.82) is 5.26 Å². The van der Waals surface area contributed by atoms with Crippen LogP contribution in [0.4, 0.5) is 4.39 Å². The lowest BCUT2D eigenvalue weighted by Crippen LogP contribution is -2.53. The van der Waals surface area contributed by atoms with E-state index in [1.165, 1.54) is 6.07 Å². The highest BCUT2D eigenvalue weighted by atomic mass is 35.5. The van der Waals surface area contributed by atoms with Gasteiger partial charge in [-0.25, -0.2) is 17.5 Å². The molecule has 0 amide bonds. The Bertz CT molecular complexity index is 1460. The lowest BCUT2D eigenvalue weighted by Gasteiger charge is -2.24. The SMILES string of the molecule is N#Cc1ccc(OP(=O)([O-])CNS(=O)(=O)c2cc3c(Cl)c(OCC[NH3+])c(OCC[NH3+])c(Cl)c3s2)cc1F. The van der Waals surface area contributed by atoms with Crippen molar-refractivity contribution in [2.24, 2.45) is 0 Å². The number of ether oxygens (including phenoxy) is 2. The van der Waals surface area contributed by atoms with Crippen molar-refractivity contribution in [2.45, 2.75) is 4.21 Å². The van der Waals surface area contributed by atoms with Crippen molar-refractivity contribution in [3.8, 4) is 23.3 Å². The van der Waals surface area contributed by atoms with Gasteiger partial charge in [0, 0.05) is 11.5 Å². The summed E-state index contributed by atoms with van der Waals surface area (Å²) < 4.78 is 69.8. The fourth-order valence-electron chi connectivity index (χ4n) is 2.93. The minimum atomic E-state index is -4.86. The maximum absolute atomic E-state index is 13.7. The van der Waals surface area contributed by atoms with Gasteiger partial charge in [-0.3, -0.25) is 4.57 Å². The zero-order valence-corrected chi connectivity index (χ0v) is 23.0. The van der Waals surface area contributed by atoms with Crippen LogP contribution in [0.25, 0.3) is 10.1 Å². The van der Waals surface area contributed by atoms with E-state index in [0.29, 0.717) is 19.2 Å². The van der Waals surface area contributed by atoms with Crippen LogP contribution in [0.2, 0.25) is 10.0 Å². The molecule has 0 spiro atoms. The van der Waals surface area contributed by atoms with Gasteiger partial charge in [-0.2, -0.15) is 5.26 Å². The average molecular weight is 614 g/mol. The number of hydrogen-bond donors (Lipinski definition) is 3. The minimum Gasteiger partial charge on any atom is -0.768 e. The Morgan fingerprint density at radius 1 is 1.14 bits per heavy atom. The average Bonchev–Trinajstić information content (AvgIpc) is 3.31. The van der Waals surface area contributed by atoms with E-state index in [9.17, 15) is 22.3 Å². The lowest BCUT2D eigenvalue weighted by atomic mass is 10.2. The van der Waals surface area contributed by atoms with Gasteiger partial charge < -0.3 is 30.4 Å². The quantitative estimate of drug-likeness (QED) is 0.254. The standard InChI is InChI=1S/C20H20Cl2FN4O7PS2/c21-16-13-8-15(36-20(13)17(22)19(33-6-4-25)18(16)32-5-3-24)37(30,31)27-10-35(28,29)34-12-2-1-11(9-26)14(23)7-12/h1-2,7-8,27H,3-6,10,24-25H2,(H,28,29)/p+1. The van der Waals surface area contributed by atoms with Gasteiger partial charge in [-0.15, -0.1) is 11.3 Å². The number of nitriles is 1. The van der Waals surface area contributed by atoms with Crippen molar-refractivity contribution in [2.75, 3.05) is 32.6 Å². The Morgan fingerprint density at radius 2 is 1.76 bits per heavy atom. The second-order valence-electron chi connectivity index (χ2n) is 7.26. The molecule has 0 aliphatic rings. The molecular weight excluding hydrogens is 593 g/mol. The minimum absolute atomic E-state index is 0.0604. The number of benzene rings is 2. The van der Waals surface area contributed by atoms with E-state index in [-0.39, 0.29) is 54.6 Å². The third kappa shape index (κ3) is 6.83. The fraction of sp³-hybridized carbons (Fsp3) is 0.250. The Kier molecular flexibility index (Phi) is 9.62. The van der Waals surface area contributed by atoms with Crippen molar-refractivity contribution >= 4 is 62.2 Å².